The molecule has 0 aromatic rings. The number of hydrogen-bond donors (Lipinski definition) is 1. The van der Waals surface area contributed by atoms with E-state index in [2.05, 4.69) is 23.9 Å². The van der Waals surface area contributed by atoms with Crippen LogP contribution >= 0.6 is 0 Å². The number of aliphatic hydroxyl groups is 1. The van der Waals surface area contributed by atoms with Crippen molar-refractivity contribution in [3.63, 3.8) is 0 Å². The molecule has 0 saturated carbocycles. The van der Waals surface area contributed by atoms with E-state index in [1.807, 2.05) is 0 Å². The van der Waals surface area contributed by atoms with Crippen molar-refractivity contribution in [3.05, 3.63) is 0 Å². The van der Waals surface area contributed by atoms with Gasteiger partial charge in [0.1, 0.15) is 0 Å². The second-order valence-electron chi connectivity index (χ2n) is 3.12. The number of likely N-dealkylation sites (tertiary alicyclic amines) is 1. The molecule has 1 unspecified atom stereocenters. The summed E-state index contributed by atoms with van der Waals surface area (Å²) in [4.78, 5) is 4.28. The predicted molar refractivity (Wildman–Crippen MR) is 40.8 cm³/mol. The Morgan fingerprint density at radius 3 is 2.60 bits per heavy atom. The van der Waals surface area contributed by atoms with Gasteiger partial charge in [0.25, 0.3) is 0 Å². The Labute approximate surface area is 62.2 Å². The highest BCUT2D eigenvalue weighted by molar-refractivity contribution is 4.78. The molecule has 1 saturated heterocycles. The van der Waals surface area contributed by atoms with Crippen LogP contribution in [-0.4, -0.2) is 54.9 Å². The van der Waals surface area contributed by atoms with E-state index in [-0.39, 0.29) is 6.73 Å². The highest BCUT2D eigenvalue weighted by Gasteiger charge is 2.22. The molecular weight excluding hydrogens is 128 g/mol. The molecule has 1 aliphatic heterocycles. The van der Waals surface area contributed by atoms with E-state index >= 15 is 0 Å². The van der Waals surface area contributed by atoms with E-state index in [0.29, 0.717) is 6.04 Å². The predicted octanol–water partition coefficient (Wildman–Crippen LogP) is -0.428. The van der Waals surface area contributed by atoms with Gasteiger partial charge in [0.2, 0.25) is 0 Å². The normalized spacial score (nSPS) is 28.2. The van der Waals surface area contributed by atoms with Gasteiger partial charge in [-0.25, -0.2) is 0 Å². The summed E-state index contributed by atoms with van der Waals surface area (Å²) >= 11 is 0. The van der Waals surface area contributed by atoms with E-state index in [4.69, 9.17) is 5.11 Å². The van der Waals surface area contributed by atoms with Crippen molar-refractivity contribution in [2.24, 2.45) is 0 Å². The number of nitrogens with zero attached hydrogens (tertiary/aromatic N) is 2. The molecule has 1 rings (SSSR count). The Balaban J connectivity index is 2.28. The standard InChI is InChI=1S/C7H16N2O/c1-8(2)7-3-4-9(5-7)6-10/h7,10H,3-6H2,1-2H3. The summed E-state index contributed by atoms with van der Waals surface area (Å²) in [6, 6.07) is 0.646. The van der Waals surface area contributed by atoms with Crippen molar-refractivity contribution in [3.8, 4) is 0 Å². The van der Waals surface area contributed by atoms with E-state index in [1.165, 1.54) is 6.42 Å². The third-order valence-electron chi connectivity index (χ3n) is 2.18. The summed E-state index contributed by atoms with van der Waals surface area (Å²) in [5, 5.41) is 8.77. The van der Waals surface area contributed by atoms with Crippen LogP contribution in [0.3, 0.4) is 0 Å². The van der Waals surface area contributed by atoms with Crippen LogP contribution in [0.4, 0.5) is 0 Å². The molecule has 0 spiro atoms. The molecule has 0 aromatic carbocycles. The maximum absolute atomic E-state index is 8.77. The Morgan fingerprint density at radius 1 is 1.60 bits per heavy atom. The molecular formula is C7H16N2O. The van der Waals surface area contributed by atoms with E-state index in [0.717, 1.165) is 13.1 Å². The third-order valence-corrected chi connectivity index (χ3v) is 2.18. The first-order valence-corrected chi connectivity index (χ1v) is 3.73. The Morgan fingerprint density at radius 2 is 2.30 bits per heavy atom. The molecule has 1 atom stereocenters. The van der Waals surface area contributed by atoms with Crippen molar-refractivity contribution in [2.75, 3.05) is 33.9 Å². The maximum atomic E-state index is 8.77. The van der Waals surface area contributed by atoms with E-state index in [9.17, 15) is 0 Å². The molecule has 0 aromatic heterocycles. The van der Waals surface area contributed by atoms with Gasteiger partial charge >= 0.3 is 0 Å². The molecule has 60 valence electrons. The molecule has 1 heterocycles. The largest absolute Gasteiger partial charge is 0.381 e. The first-order chi connectivity index (χ1) is 4.74. The van der Waals surface area contributed by atoms with Crippen LogP contribution < -0.4 is 0 Å². The number of hydrogen-bond acceptors (Lipinski definition) is 3. The summed E-state index contributed by atoms with van der Waals surface area (Å²) in [6.45, 7) is 2.27. The van der Waals surface area contributed by atoms with Crippen LogP contribution in [0.15, 0.2) is 0 Å². The van der Waals surface area contributed by atoms with Crippen molar-refractivity contribution in [1.82, 2.24) is 9.80 Å². The van der Waals surface area contributed by atoms with Crippen molar-refractivity contribution in [2.45, 2.75) is 12.5 Å². The van der Waals surface area contributed by atoms with Gasteiger partial charge in [0, 0.05) is 19.1 Å². The lowest BCUT2D eigenvalue weighted by Crippen LogP contribution is -2.31. The zero-order valence-electron chi connectivity index (χ0n) is 6.75. The lowest BCUT2D eigenvalue weighted by Gasteiger charge is -2.18. The Kier molecular flexibility index (Phi) is 2.65. The van der Waals surface area contributed by atoms with Gasteiger partial charge < -0.3 is 10.0 Å². The minimum Gasteiger partial charge on any atom is -0.381 e. The summed E-state index contributed by atoms with van der Waals surface area (Å²) in [6.07, 6.45) is 1.19. The van der Waals surface area contributed by atoms with E-state index < -0.39 is 0 Å². The van der Waals surface area contributed by atoms with Crippen LogP contribution in [0.2, 0.25) is 0 Å². The summed E-state index contributed by atoms with van der Waals surface area (Å²) < 4.78 is 0. The smallest absolute Gasteiger partial charge is 0.0957 e. The highest BCUT2D eigenvalue weighted by Crippen LogP contribution is 2.11. The number of rotatable bonds is 2. The SMILES string of the molecule is CN(C)C1CCN(CO)C1. The fourth-order valence-electron chi connectivity index (χ4n) is 1.36. The zero-order chi connectivity index (χ0) is 7.56. The fourth-order valence-corrected chi connectivity index (χ4v) is 1.36. The molecule has 10 heavy (non-hydrogen) atoms. The molecule has 0 aliphatic carbocycles. The van der Waals surface area contributed by atoms with Gasteiger partial charge in [0.05, 0.1) is 6.73 Å². The molecule has 0 amide bonds. The zero-order valence-corrected chi connectivity index (χ0v) is 6.75. The van der Waals surface area contributed by atoms with Gasteiger partial charge in [-0.2, -0.15) is 0 Å². The molecule has 1 aliphatic rings. The Hall–Kier alpha value is -0.120. The van der Waals surface area contributed by atoms with Gasteiger partial charge in [-0.05, 0) is 20.5 Å². The average Bonchev–Trinajstić information content (AvgIpc) is 2.34. The summed E-state index contributed by atoms with van der Waals surface area (Å²) in [7, 11) is 4.18. The molecule has 1 N–H and O–H groups in total. The topological polar surface area (TPSA) is 26.7 Å². The van der Waals surface area contributed by atoms with Crippen LogP contribution in [0.25, 0.3) is 0 Å². The van der Waals surface area contributed by atoms with Crippen LogP contribution in [0.1, 0.15) is 6.42 Å². The van der Waals surface area contributed by atoms with Crippen LogP contribution in [0, 0.1) is 0 Å². The lowest BCUT2D eigenvalue weighted by atomic mass is 10.2. The molecule has 3 heteroatoms. The first-order valence-electron chi connectivity index (χ1n) is 3.73. The minimum absolute atomic E-state index is 0.213. The highest BCUT2D eigenvalue weighted by atomic mass is 16.3. The summed E-state index contributed by atoms with van der Waals surface area (Å²) in [5.74, 6) is 0. The van der Waals surface area contributed by atoms with E-state index in [1.54, 1.807) is 0 Å². The number of aliphatic hydroxyl groups excluding tert-OH is 1. The van der Waals surface area contributed by atoms with Gasteiger partial charge in [0.15, 0.2) is 0 Å². The molecule has 1 fully saturated rings. The lowest BCUT2D eigenvalue weighted by molar-refractivity contribution is 0.123. The third kappa shape index (κ3) is 1.68. The Bertz CT molecular complexity index is 106. The first kappa shape index (κ1) is 7.98. The second-order valence-corrected chi connectivity index (χ2v) is 3.12. The van der Waals surface area contributed by atoms with Crippen LogP contribution in [-0.2, 0) is 0 Å². The fraction of sp³-hybridized carbons (Fsp3) is 1.00. The maximum Gasteiger partial charge on any atom is 0.0957 e. The monoisotopic (exact) mass is 144 g/mol. The number of likely N-dealkylation sites (N-methyl/N-ethyl adjacent to an activating group) is 1. The van der Waals surface area contributed by atoms with Crippen molar-refractivity contribution in [1.29, 1.82) is 0 Å². The van der Waals surface area contributed by atoms with Crippen LogP contribution in [0.5, 0.6) is 0 Å². The quantitative estimate of drug-likeness (QED) is 0.570. The molecule has 0 radical (unpaired) electrons. The molecule has 3 nitrogen and oxygen atoms in total. The van der Waals surface area contributed by atoms with Gasteiger partial charge in [-0.15, -0.1) is 0 Å². The second kappa shape index (κ2) is 3.32. The van der Waals surface area contributed by atoms with Crippen molar-refractivity contribution < 1.29 is 5.11 Å². The summed E-state index contributed by atoms with van der Waals surface area (Å²) in [5.41, 5.74) is 0. The minimum atomic E-state index is 0.213. The average molecular weight is 144 g/mol. The van der Waals surface area contributed by atoms with Crippen molar-refractivity contribution >= 4 is 0 Å². The molecule has 0 bridgehead atoms. The van der Waals surface area contributed by atoms with Gasteiger partial charge in [-0.1, -0.05) is 0 Å². The van der Waals surface area contributed by atoms with Gasteiger partial charge in [-0.3, -0.25) is 4.90 Å².